The second-order valence-corrected chi connectivity index (χ2v) is 6.08. The van der Waals surface area contributed by atoms with E-state index in [1.165, 1.54) is 12.1 Å². The molecule has 1 nitrogen and oxygen atoms in total. The Balaban J connectivity index is 0.00000109. The number of halogens is 2. The quantitative estimate of drug-likeness (QED) is 0.675. The molecule has 0 aromatic heterocycles. The fraction of sp³-hybridized carbons (Fsp3) is 0.273. The lowest BCUT2D eigenvalue weighted by Gasteiger charge is -2.29. The molecule has 0 aliphatic carbocycles. The summed E-state index contributed by atoms with van der Waals surface area (Å²) in [6, 6.07) is 12.4. The minimum absolute atomic E-state index is 0.0116. The highest BCUT2D eigenvalue weighted by atomic mass is 19.1. The Morgan fingerprint density at radius 2 is 1.60 bits per heavy atom. The van der Waals surface area contributed by atoms with Gasteiger partial charge in [0.15, 0.2) is 0 Å². The Kier molecular flexibility index (Phi) is 6.13. The minimum Gasteiger partial charge on any atom is -0.358 e. The second kappa shape index (κ2) is 8.11. The molecule has 25 heavy (non-hydrogen) atoms. The number of benzene rings is 2. The SMILES string of the molecule is C=C1NC(c2c(F)cc(C)cc2F)=C(c2ccccc2)CC1C.CC. The third kappa shape index (κ3) is 3.98. The lowest BCUT2D eigenvalue weighted by atomic mass is 9.86. The van der Waals surface area contributed by atoms with Crippen molar-refractivity contribution in [3.8, 4) is 0 Å². The molecule has 3 rings (SSSR count). The van der Waals surface area contributed by atoms with Crippen LogP contribution in [-0.2, 0) is 0 Å². The van der Waals surface area contributed by atoms with Crippen LogP contribution in [0.2, 0.25) is 0 Å². The predicted molar refractivity (Wildman–Crippen MR) is 102 cm³/mol. The summed E-state index contributed by atoms with van der Waals surface area (Å²) < 4.78 is 28.9. The zero-order valence-corrected chi connectivity index (χ0v) is 15.3. The van der Waals surface area contributed by atoms with Gasteiger partial charge in [0.05, 0.1) is 11.3 Å². The van der Waals surface area contributed by atoms with Crippen LogP contribution < -0.4 is 5.32 Å². The summed E-state index contributed by atoms with van der Waals surface area (Å²) in [7, 11) is 0. The van der Waals surface area contributed by atoms with Crippen LogP contribution in [0.3, 0.4) is 0 Å². The van der Waals surface area contributed by atoms with E-state index >= 15 is 0 Å². The standard InChI is InChI=1S/C20H19F2N.C2H6/c1-12-9-17(21)19(18(22)10-12)20-16(11-13(2)14(3)23-20)15-7-5-4-6-8-15;1-2/h4-10,13,23H,3,11H2,1-2H3;1-2H3. The lowest BCUT2D eigenvalue weighted by molar-refractivity contribution is 0.569. The monoisotopic (exact) mass is 341 g/mol. The highest BCUT2D eigenvalue weighted by Crippen LogP contribution is 2.38. The first-order valence-electron chi connectivity index (χ1n) is 8.67. The van der Waals surface area contributed by atoms with Crippen LogP contribution in [0.15, 0.2) is 54.7 Å². The van der Waals surface area contributed by atoms with E-state index in [4.69, 9.17) is 0 Å². The normalized spacial score (nSPS) is 16.9. The predicted octanol–water partition coefficient (Wildman–Crippen LogP) is 6.31. The molecule has 0 radical (unpaired) electrons. The van der Waals surface area contributed by atoms with E-state index in [1.54, 1.807) is 6.92 Å². The van der Waals surface area contributed by atoms with Crippen molar-refractivity contribution in [3.63, 3.8) is 0 Å². The fourth-order valence-corrected chi connectivity index (χ4v) is 2.94. The van der Waals surface area contributed by atoms with Crippen LogP contribution in [-0.4, -0.2) is 0 Å². The van der Waals surface area contributed by atoms with Crippen molar-refractivity contribution in [3.05, 3.63) is 83.1 Å². The van der Waals surface area contributed by atoms with Gasteiger partial charge < -0.3 is 5.32 Å². The van der Waals surface area contributed by atoms with Crippen molar-refractivity contribution >= 4 is 11.3 Å². The second-order valence-electron chi connectivity index (χ2n) is 6.08. The van der Waals surface area contributed by atoms with Gasteiger partial charge in [0, 0.05) is 5.70 Å². The highest BCUT2D eigenvalue weighted by molar-refractivity contribution is 5.92. The van der Waals surface area contributed by atoms with Crippen molar-refractivity contribution in [2.75, 3.05) is 0 Å². The molecule has 3 heteroatoms. The van der Waals surface area contributed by atoms with Gasteiger partial charge in [-0.15, -0.1) is 0 Å². The number of hydrogen-bond donors (Lipinski definition) is 1. The van der Waals surface area contributed by atoms with Crippen LogP contribution >= 0.6 is 0 Å². The van der Waals surface area contributed by atoms with Gasteiger partial charge in [0.25, 0.3) is 0 Å². The molecule has 2 aromatic rings. The maximum Gasteiger partial charge on any atom is 0.135 e. The summed E-state index contributed by atoms with van der Waals surface area (Å²) in [6.45, 7) is 11.7. The molecule has 0 fully saturated rings. The minimum atomic E-state index is -0.555. The third-order valence-electron chi connectivity index (χ3n) is 4.25. The summed E-state index contributed by atoms with van der Waals surface area (Å²) in [4.78, 5) is 0. The van der Waals surface area contributed by atoms with E-state index in [0.29, 0.717) is 17.7 Å². The average molecular weight is 341 g/mol. The first kappa shape index (κ1) is 18.9. The van der Waals surface area contributed by atoms with Gasteiger partial charge in [-0.2, -0.15) is 0 Å². The Hall–Kier alpha value is -2.42. The zero-order chi connectivity index (χ0) is 18.6. The Morgan fingerprint density at radius 1 is 1.04 bits per heavy atom. The molecule has 0 amide bonds. The van der Waals surface area contributed by atoms with Crippen molar-refractivity contribution in [1.29, 1.82) is 0 Å². The van der Waals surface area contributed by atoms with E-state index in [0.717, 1.165) is 16.8 Å². The molecule has 1 aliphatic heterocycles. The van der Waals surface area contributed by atoms with Crippen molar-refractivity contribution in [2.45, 2.75) is 34.1 Å². The molecule has 1 N–H and O–H groups in total. The first-order chi connectivity index (χ1) is 12.0. The molecular formula is C22H25F2N. The maximum atomic E-state index is 14.5. The third-order valence-corrected chi connectivity index (χ3v) is 4.25. The average Bonchev–Trinajstić information content (AvgIpc) is 2.59. The Bertz CT molecular complexity index is 768. The van der Waals surface area contributed by atoms with Crippen molar-refractivity contribution in [2.24, 2.45) is 5.92 Å². The largest absolute Gasteiger partial charge is 0.358 e. The molecule has 0 saturated carbocycles. The Morgan fingerprint density at radius 3 is 2.16 bits per heavy atom. The smallest absolute Gasteiger partial charge is 0.135 e. The molecule has 1 aliphatic rings. The van der Waals surface area contributed by atoms with Gasteiger partial charge in [-0.1, -0.05) is 57.7 Å². The molecule has 0 spiro atoms. The zero-order valence-electron chi connectivity index (χ0n) is 15.3. The maximum absolute atomic E-state index is 14.5. The van der Waals surface area contributed by atoms with E-state index in [1.807, 2.05) is 44.2 Å². The van der Waals surface area contributed by atoms with Crippen LogP contribution in [0.1, 0.15) is 43.9 Å². The number of rotatable bonds is 2. The van der Waals surface area contributed by atoms with Gasteiger partial charge in [0.1, 0.15) is 11.6 Å². The molecule has 0 bridgehead atoms. The van der Waals surface area contributed by atoms with Crippen LogP contribution in [0.5, 0.6) is 0 Å². The summed E-state index contributed by atoms with van der Waals surface area (Å²) in [5.41, 5.74) is 3.69. The van der Waals surface area contributed by atoms with E-state index in [2.05, 4.69) is 18.8 Å². The molecule has 1 heterocycles. The van der Waals surface area contributed by atoms with Crippen LogP contribution in [0, 0.1) is 24.5 Å². The first-order valence-corrected chi connectivity index (χ1v) is 8.67. The van der Waals surface area contributed by atoms with E-state index in [-0.39, 0.29) is 11.5 Å². The van der Waals surface area contributed by atoms with Crippen molar-refractivity contribution in [1.82, 2.24) is 5.32 Å². The summed E-state index contributed by atoms with van der Waals surface area (Å²) in [5, 5.41) is 3.14. The van der Waals surface area contributed by atoms with E-state index in [9.17, 15) is 8.78 Å². The molecule has 2 aromatic carbocycles. The van der Waals surface area contributed by atoms with Gasteiger partial charge >= 0.3 is 0 Å². The van der Waals surface area contributed by atoms with Gasteiger partial charge in [0.2, 0.25) is 0 Å². The number of hydrogen-bond acceptors (Lipinski definition) is 1. The van der Waals surface area contributed by atoms with Gasteiger partial charge in [-0.05, 0) is 48.1 Å². The lowest BCUT2D eigenvalue weighted by Crippen LogP contribution is -2.25. The Labute approximate surface area is 149 Å². The topological polar surface area (TPSA) is 12.0 Å². The fourth-order valence-electron chi connectivity index (χ4n) is 2.94. The van der Waals surface area contributed by atoms with Gasteiger partial charge in [-0.25, -0.2) is 8.78 Å². The molecular weight excluding hydrogens is 316 g/mol. The number of allylic oxidation sites excluding steroid dienone is 2. The molecule has 132 valence electrons. The van der Waals surface area contributed by atoms with Crippen LogP contribution in [0.25, 0.3) is 11.3 Å². The molecule has 0 saturated heterocycles. The van der Waals surface area contributed by atoms with E-state index < -0.39 is 11.6 Å². The number of nitrogens with one attached hydrogen (secondary N) is 1. The summed E-state index contributed by atoms with van der Waals surface area (Å²) in [6.07, 6.45) is 0.692. The van der Waals surface area contributed by atoms with Crippen molar-refractivity contribution < 1.29 is 8.78 Å². The van der Waals surface area contributed by atoms with Crippen LogP contribution in [0.4, 0.5) is 8.78 Å². The number of aryl methyl sites for hydroxylation is 1. The highest BCUT2D eigenvalue weighted by Gasteiger charge is 2.26. The molecule has 1 unspecified atom stereocenters. The van der Waals surface area contributed by atoms with Gasteiger partial charge in [-0.3, -0.25) is 0 Å². The summed E-state index contributed by atoms with van der Waals surface area (Å²) >= 11 is 0. The molecule has 1 atom stereocenters. The summed E-state index contributed by atoms with van der Waals surface area (Å²) in [5.74, 6) is -0.910.